The van der Waals surface area contributed by atoms with Crippen LogP contribution in [0.2, 0.25) is 10.0 Å². The number of amides is 2. The van der Waals surface area contributed by atoms with Crippen LogP contribution in [0.5, 0.6) is 5.75 Å². The molecule has 3 aromatic carbocycles. The summed E-state index contributed by atoms with van der Waals surface area (Å²) in [7, 11) is 1.59. The molecule has 1 heterocycles. The molecule has 1 aliphatic rings. The molecule has 31 heavy (non-hydrogen) atoms. The van der Waals surface area contributed by atoms with Crippen molar-refractivity contribution in [3.05, 3.63) is 93.5 Å². The van der Waals surface area contributed by atoms with Gasteiger partial charge in [0.2, 0.25) is 5.91 Å². The van der Waals surface area contributed by atoms with Gasteiger partial charge in [0.05, 0.1) is 30.3 Å². The van der Waals surface area contributed by atoms with Crippen LogP contribution in [0, 0.1) is 0 Å². The molecule has 0 aromatic heterocycles. The third-order valence-corrected chi connectivity index (χ3v) is 5.87. The van der Waals surface area contributed by atoms with Crippen LogP contribution in [0.25, 0.3) is 0 Å². The van der Waals surface area contributed by atoms with Crippen molar-refractivity contribution in [2.24, 2.45) is 0 Å². The van der Waals surface area contributed by atoms with Gasteiger partial charge in [-0.15, -0.1) is 0 Å². The monoisotopic (exact) mass is 454 g/mol. The van der Waals surface area contributed by atoms with E-state index in [9.17, 15) is 9.59 Å². The van der Waals surface area contributed by atoms with Gasteiger partial charge < -0.3 is 15.0 Å². The minimum atomic E-state index is -0.455. The normalized spacial score (nSPS) is 13.6. The second kappa shape index (κ2) is 9.00. The first-order valence-electron chi connectivity index (χ1n) is 9.74. The molecule has 1 atom stereocenters. The number of nitrogens with one attached hydrogen (secondary N) is 1. The van der Waals surface area contributed by atoms with E-state index in [4.69, 9.17) is 27.9 Å². The summed E-state index contributed by atoms with van der Waals surface area (Å²) in [5, 5.41) is 3.68. The summed E-state index contributed by atoms with van der Waals surface area (Å²) in [6.07, 6.45) is 0.0644. The van der Waals surface area contributed by atoms with Crippen LogP contribution in [-0.2, 0) is 11.3 Å². The number of benzene rings is 3. The average molecular weight is 455 g/mol. The number of methoxy groups -OCH3 is 1. The third-order valence-electron chi connectivity index (χ3n) is 5.31. The minimum Gasteiger partial charge on any atom is -0.497 e. The standard InChI is InChI=1S/C24H20Cl2N2O3/c1-31-18-9-6-15(7-10-18)22(28-14-16-4-2-3-5-19(16)24(28)30)13-23(29)27-21-12-17(25)8-11-20(21)26/h2-12,22H,13-14H2,1H3,(H,27,29)/t22-/m0/s1. The molecule has 0 fully saturated rings. The van der Waals surface area contributed by atoms with Gasteiger partial charge in [-0.3, -0.25) is 9.59 Å². The molecule has 0 radical (unpaired) electrons. The van der Waals surface area contributed by atoms with E-state index in [2.05, 4.69) is 5.32 Å². The molecule has 2 amide bonds. The summed E-state index contributed by atoms with van der Waals surface area (Å²) < 4.78 is 5.24. The molecule has 3 aromatic rings. The van der Waals surface area contributed by atoms with Gasteiger partial charge >= 0.3 is 0 Å². The van der Waals surface area contributed by atoms with Gasteiger partial charge in [0.15, 0.2) is 0 Å². The van der Waals surface area contributed by atoms with Crippen molar-refractivity contribution < 1.29 is 14.3 Å². The first-order valence-corrected chi connectivity index (χ1v) is 10.5. The Morgan fingerprint density at radius 1 is 1.10 bits per heavy atom. The van der Waals surface area contributed by atoms with Crippen molar-refractivity contribution in [2.45, 2.75) is 19.0 Å². The molecular weight excluding hydrogens is 435 g/mol. The SMILES string of the molecule is COc1ccc([C@H](CC(=O)Nc2cc(Cl)ccc2Cl)N2Cc3ccccc3C2=O)cc1. The molecule has 0 unspecified atom stereocenters. The maximum Gasteiger partial charge on any atom is 0.255 e. The number of carbonyl (C=O) groups excluding carboxylic acids is 2. The maximum absolute atomic E-state index is 13.1. The molecule has 4 rings (SSSR count). The lowest BCUT2D eigenvalue weighted by Gasteiger charge is -2.28. The number of carbonyl (C=O) groups is 2. The maximum atomic E-state index is 13.1. The summed E-state index contributed by atoms with van der Waals surface area (Å²) in [6, 6.07) is 19.3. The van der Waals surface area contributed by atoms with Crippen LogP contribution in [0.1, 0.15) is 33.9 Å². The van der Waals surface area contributed by atoms with Crippen molar-refractivity contribution in [3.8, 4) is 5.75 Å². The first-order chi connectivity index (χ1) is 15.0. The largest absolute Gasteiger partial charge is 0.497 e. The Labute approximate surface area is 190 Å². The Morgan fingerprint density at radius 2 is 1.84 bits per heavy atom. The quantitative estimate of drug-likeness (QED) is 0.517. The molecule has 0 saturated carbocycles. The number of nitrogens with zero attached hydrogens (tertiary/aromatic N) is 1. The zero-order chi connectivity index (χ0) is 22.0. The summed E-state index contributed by atoms with van der Waals surface area (Å²) in [5.41, 5.74) is 2.89. The Morgan fingerprint density at radius 3 is 2.55 bits per heavy atom. The van der Waals surface area contributed by atoms with E-state index >= 15 is 0 Å². The van der Waals surface area contributed by atoms with E-state index in [1.807, 2.05) is 48.5 Å². The van der Waals surface area contributed by atoms with E-state index in [1.54, 1.807) is 30.2 Å². The Bertz CT molecular complexity index is 1130. The van der Waals surface area contributed by atoms with Crippen LogP contribution in [0.4, 0.5) is 5.69 Å². The number of rotatable bonds is 6. The lowest BCUT2D eigenvalue weighted by molar-refractivity contribution is -0.117. The Balaban J connectivity index is 1.62. The highest BCUT2D eigenvalue weighted by Gasteiger charge is 2.34. The van der Waals surface area contributed by atoms with Gasteiger partial charge in [-0.2, -0.15) is 0 Å². The second-order valence-corrected chi connectivity index (χ2v) is 8.10. The molecule has 0 spiro atoms. The Kier molecular flexibility index (Phi) is 6.16. The molecule has 1 aliphatic heterocycles. The van der Waals surface area contributed by atoms with Gasteiger partial charge in [0.25, 0.3) is 5.91 Å². The molecule has 1 N–H and O–H groups in total. The molecule has 0 saturated heterocycles. The van der Waals surface area contributed by atoms with Crippen LogP contribution < -0.4 is 10.1 Å². The van der Waals surface area contributed by atoms with E-state index < -0.39 is 6.04 Å². The first kappa shape index (κ1) is 21.2. The van der Waals surface area contributed by atoms with Crippen LogP contribution in [0.15, 0.2) is 66.7 Å². The van der Waals surface area contributed by atoms with Gasteiger partial charge in [0.1, 0.15) is 5.75 Å². The lowest BCUT2D eigenvalue weighted by atomic mass is 10.0. The van der Waals surface area contributed by atoms with Crippen molar-refractivity contribution in [1.82, 2.24) is 4.90 Å². The van der Waals surface area contributed by atoms with Crippen LogP contribution in [-0.4, -0.2) is 23.8 Å². The highest BCUT2D eigenvalue weighted by Crippen LogP contribution is 2.35. The third kappa shape index (κ3) is 4.53. The van der Waals surface area contributed by atoms with Gasteiger partial charge in [-0.25, -0.2) is 0 Å². The summed E-state index contributed by atoms with van der Waals surface area (Å²) in [6.45, 7) is 0.441. The number of ether oxygens (including phenoxy) is 1. The number of hydrogen-bond acceptors (Lipinski definition) is 3. The van der Waals surface area contributed by atoms with E-state index in [0.717, 1.165) is 11.1 Å². The fourth-order valence-electron chi connectivity index (χ4n) is 3.73. The molecule has 0 aliphatic carbocycles. The van der Waals surface area contributed by atoms with Gasteiger partial charge in [-0.1, -0.05) is 53.5 Å². The van der Waals surface area contributed by atoms with E-state index in [0.29, 0.717) is 33.6 Å². The zero-order valence-electron chi connectivity index (χ0n) is 16.8. The van der Waals surface area contributed by atoms with Gasteiger partial charge in [0, 0.05) is 17.1 Å². The fraction of sp³-hybridized carbons (Fsp3) is 0.167. The predicted molar refractivity (Wildman–Crippen MR) is 122 cm³/mol. The predicted octanol–water partition coefficient (Wildman–Crippen LogP) is 5.73. The summed E-state index contributed by atoms with van der Waals surface area (Å²) in [4.78, 5) is 27.8. The number of hydrogen-bond donors (Lipinski definition) is 1. The van der Waals surface area contributed by atoms with E-state index in [1.165, 1.54) is 0 Å². The smallest absolute Gasteiger partial charge is 0.255 e. The zero-order valence-corrected chi connectivity index (χ0v) is 18.3. The minimum absolute atomic E-state index is 0.0644. The lowest BCUT2D eigenvalue weighted by Crippen LogP contribution is -2.32. The number of fused-ring (bicyclic) bond motifs is 1. The molecule has 0 bridgehead atoms. The topological polar surface area (TPSA) is 58.6 Å². The number of anilines is 1. The van der Waals surface area contributed by atoms with E-state index in [-0.39, 0.29) is 18.2 Å². The van der Waals surface area contributed by atoms with Crippen LogP contribution in [0.3, 0.4) is 0 Å². The highest BCUT2D eigenvalue weighted by atomic mass is 35.5. The van der Waals surface area contributed by atoms with Crippen molar-refractivity contribution in [1.29, 1.82) is 0 Å². The van der Waals surface area contributed by atoms with Gasteiger partial charge in [-0.05, 0) is 47.5 Å². The van der Waals surface area contributed by atoms with Crippen molar-refractivity contribution in [3.63, 3.8) is 0 Å². The number of halogens is 2. The summed E-state index contributed by atoms with van der Waals surface area (Å²) in [5.74, 6) is 0.340. The highest BCUT2D eigenvalue weighted by molar-refractivity contribution is 6.35. The average Bonchev–Trinajstić information content (AvgIpc) is 3.11. The van der Waals surface area contributed by atoms with Crippen molar-refractivity contribution in [2.75, 3.05) is 12.4 Å². The molecule has 158 valence electrons. The second-order valence-electron chi connectivity index (χ2n) is 7.26. The molecular formula is C24H20Cl2N2O3. The molecule has 5 nitrogen and oxygen atoms in total. The molecule has 7 heteroatoms. The Hall–Kier alpha value is -3.02. The summed E-state index contributed by atoms with van der Waals surface area (Å²) >= 11 is 12.2. The fourth-order valence-corrected chi connectivity index (χ4v) is 4.07. The van der Waals surface area contributed by atoms with Crippen molar-refractivity contribution >= 4 is 40.7 Å². The van der Waals surface area contributed by atoms with Crippen LogP contribution >= 0.6 is 23.2 Å².